The van der Waals surface area contributed by atoms with E-state index in [4.69, 9.17) is 34.8 Å². The second-order valence-electron chi connectivity index (χ2n) is 6.18. The number of halogens is 5. The molecule has 0 aliphatic carbocycles. The van der Waals surface area contributed by atoms with Crippen LogP contribution < -0.4 is 10.6 Å². The van der Waals surface area contributed by atoms with Crippen LogP contribution in [-0.2, 0) is 0 Å². The summed E-state index contributed by atoms with van der Waals surface area (Å²) in [4.78, 5) is 25.3. The lowest BCUT2D eigenvalue weighted by molar-refractivity contribution is 0.0959. The Kier molecular flexibility index (Phi) is 5.61. The molecule has 4 rings (SSSR count). The Bertz CT molecular complexity index is 1180. The number of benzene rings is 2. The van der Waals surface area contributed by atoms with Gasteiger partial charge >= 0.3 is 0 Å². The van der Waals surface area contributed by atoms with Crippen LogP contribution in [0.1, 0.15) is 37.9 Å². The predicted molar refractivity (Wildman–Crippen MR) is 117 cm³/mol. The number of rotatable bonds is 3. The lowest BCUT2D eigenvalue weighted by atomic mass is 9.96. The Morgan fingerprint density at radius 3 is 2.66 bits per heavy atom. The van der Waals surface area contributed by atoms with Gasteiger partial charge in [-0.3, -0.25) is 9.59 Å². The first-order chi connectivity index (χ1) is 13.8. The number of fused-ring (bicyclic) bond motifs is 1. The van der Waals surface area contributed by atoms with Crippen molar-refractivity contribution in [3.8, 4) is 0 Å². The van der Waals surface area contributed by atoms with Gasteiger partial charge in [-0.1, -0.05) is 50.7 Å². The van der Waals surface area contributed by atoms with Gasteiger partial charge in [0.1, 0.15) is 10.2 Å². The molecule has 10 heteroatoms. The van der Waals surface area contributed by atoms with E-state index in [0.29, 0.717) is 31.2 Å². The molecule has 2 aromatic carbocycles. The third kappa shape index (κ3) is 3.78. The highest BCUT2D eigenvalue weighted by Gasteiger charge is 2.34. The van der Waals surface area contributed by atoms with Crippen LogP contribution in [0.2, 0.25) is 14.4 Å². The number of hydrogen-bond acceptors (Lipinski definition) is 3. The summed E-state index contributed by atoms with van der Waals surface area (Å²) in [6, 6.07) is 6.45. The van der Waals surface area contributed by atoms with E-state index in [0.717, 1.165) is 11.3 Å². The first kappa shape index (κ1) is 20.6. The number of thiophene rings is 1. The molecule has 0 radical (unpaired) electrons. The van der Waals surface area contributed by atoms with Gasteiger partial charge in [-0.05, 0) is 30.3 Å². The molecule has 2 heterocycles. The van der Waals surface area contributed by atoms with E-state index < -0.39 is 17.8 Å². The number of carbonyl (C=O) groups excluding carboxylic acids is 2. The third-order valence-corrected chi connectivity index (χ3v) is 7.03. The molecule has 0 fully saturated rings. The molecule has 1 unspecified atom stereocenters. The summed E-state index contributed by atoms with van der Waals surface area (Å²) in [5.74, 6) is -1.34. The smallest absolute Gasteiger partial charge is 0.258 e. The minimum atomic E-state index is -0.731. The molecule has 4 nitrogen and oxygen atoms in total. The van der Waals surface area contributed by atoms with Gasteiger partial charge in [0.05, 0.1) is 16.6 Å². The first-order valence-corrected chi connectivity index (χ1v) is 10.9. The van der Waals surface area contributed by atoms with Gasteiger partial charge in [0.25, 0.3) is 11.8 Å². The van der Waals surface area contributed by atoms with Crippen molar-refractivity contribution in [2.75, 3.05) is 5.32 Å². The maximum Gasteiger partial charge on any atom is 0.258 e. The molecule has 0 saturated carbocycles. The van der Waals surface area contributed by atoms with Crippen LogP contribution in [0, 0.1) is 5.82 Å². The van der Waals surface area contributed by atoms with Crippen LogP contribution >= 0.6 is 62.1 Å². The minimum absolute atomic E-state index is 0.153. The summed E-state index contributed by atoms with van der Waals surface area (Å²) in [5, 5.41) is 7.55. The minimum Gasteiger partial charge on any atom is -0.341 e. The zero-order chi connectivity index (χ0) is 20.9. The predicted octanol–water partition coefficient (Wildman–Crippen LogP) is 6.70. The van der Waals surface area contributed by atoms with Crippen LogP contribution in [-0.4, -0.2) is 11.8 Å². The van der Waals surface area contributed by atoms with Crippen LogP contribution in [0.5, 0.6) is 0 Å². The van der Waals surface area contributed by atoms with Gasteiger partial charge in [-0.25, -0.2) is 4.39 Å². The van der Waals surface area contributed by atoms with Gasteiger partial charge in [0.15, 0.2) is 0 Å². The lowest BCUT2D eigenvalue weighted by Crippen LogP contribution is -2.21. The van der Waals surface area contributed by atoms with Crippen LogP contribution in [0.25, 0.3) is 0 Å². The van der Waals surface area contributed by atoms with Crippen LogP contribution in [0.4, 0.5) is 10.1 Å². The zero-order valence-electron chi connectivity index (χ0n) is 14.2. The van der Waals surface area contributed by atoms with Crippen molar-refractivity contribution in [1.29, 1.82) is 0 Å². The lowest BCUT2D eigenvalue weighted by Gasteiger charge is -2.18. The summed E-state index contributed by atoms with van der Waals surface area (Å²) in [6.07, 6.45) is 0. The van der Waals surface area contributed by atoms with Crippen molar-refractivity contribution in [2.24, 2.45) is 0 Å². The fourth-order valence-corrected chi connectivity index (χ4v) is 5.05. The third-order valence-electron chi connectivity index (χ3n) is 4.40. The zero-order valence-corrected chi connectivity index (χ0v) is 18.8. The SMILES string of the molecule is O=C(Nc1cc(Br)cc2c1C(c1cc(F)ccc1Cl)NC2=O)c1csc(Cl)c1Cl. The van der Waals surface area contributed by atoms with Crippen molar-refractivity contribution >= 4 is 79.6 Å². The van der Waals surface area contributed by atoms with Gasteiger partial charge in [0, 0.05) is 37.3 Å². The molecular formula is C19H9BrCl3FN2O2S. The molecule has 0 bridgehead atoms. The molecule has 1 aliphatic rings. The molecule has 0 spiro atoms. The topological polar surface area (TPSA) is 58.2 Å². The molecule has 148 valence electrons. The van der Waals surface area contributed by atoms with Crippen molar-refractivity contribution in [3.05, 3.63) is 82.6 Å². The maximum atomic E-state index is 13.8. The van der Waals surface area contributed by atoms with E-state index in [1.807, 2.05) is 0 Å². The normalized spacial score (nSPS) is 15.2. The highest BCUT2D eigenvalue weighted by molar-refractivity contribution is 9.10. The van der Waals surface area contributed by atoms with E-state index in [1.165, 1.54) is 18.2 Å². The maximum absolute atomic E-state index is 13.8. The summed E-state index contributed by atoms with van der Waals surface area (Å²) < 4.78 is 14.7. The van der Waals surface area contributed by atoms with Crippen molar-refractivity contribution in [1.82, 2.24) is 5.32 Å². The van der Waals surface area contributed by atoms with E-state index in [-0.39, 0.29) is 21.5 Å². The fourth-order valence-electron chi connectivity index (χ4n) is 3.13. The van der Waals surface area contributed by atoms with E-state index in [9.17, 15) is 14.0 Å². The van der Waals surface area contributed by atoms with Gasteiger partial charge in [0.2, 0.25) is 0 Å². The van der Waals surface area contributed by atoms with E-state index >= 15 is 0 Å². The van der Waals surface area contributed by atoms with Crippen molar-refractivity contribution in [3.63, 3.8) is 0 Å². The Morgan fingerprint density at radius 1 is 1.21 bits per heavy atom. The summed E-state index contributed by atoms with van der Waals surface area (Å²) in [6.45, 7) is 0. The largest absolute Gasteiger partial charge is 0.341 e. The average Bonchev–Trinajstić information content (AvgIpc) is 3.17. The number of carbonyl (C=O) groups is 2. The monoisotopic (exact) mass is 532 g/mol. The van der Waals surface area contributed by atoms with Crippen LogP contribution in [0.15, 0.2) is 40.2 Å². The second kappa shape index (κ2) is 7.89. The number of anilines is 1. The van der Waals surface area contributed by atoms with Crippen LogP contribution in [0.3, 0.4) is 0 Å². The molecule has 3 aromatic rings. The highest BCUT2D eigenvalue weighted by atomic mass is 79.9. The van der Waals surface area contributed by atoms with Crippen molar-refractivity contribution < 1.29 is 14.0 Å². The van der Waals surface area contributed by atoms with E-state index in [1.54, 1.807) is 17.5 Å². The number of amides is 2. The summed E-state index contributed by atoms with van der Waals surface area (Å²) >= 11 is 22.8. The first-order valence-electron chi connectivity index (χ1n) is 8.09. The molecule has 29 heavy (non-hydrogen) atoms. The summed E-state index contributed by atoms with van der Waals surface area (Å²) in [5.41, 5.74) is 1.79. The average molecular weight is 535 g/mol. The standard InChI is InChI=1S/C19H9BrCl3FN2O2S/c20-7-3-10-14(13(4-7)25-19(28)11-6-29-17(23)15(11)22)16(26-18(10)27)9-5-8(24)1-2-12(9)21/h1-6,16H,(H,25,28)(H,26,27). The number of nitrogens with one attached hydrogen (secondary N) is 2. The summed E-state index contributed by atoms with van der Waals surface area (Å²) in [7, 11) is 0. The molecule has 2 amide bonds. The van der Waals surface area contributed by atoms with Gasteiger partial charge in [-0.15, -0.1) is 11.3 Å². The van der Waals surface area contributed by atoms with Gasteiger partial charge < -0.3 is 10.6 Å². The van der Waals surface area contributed by atoms with Gasteiger partial charge in [-0.2, -0.15) is 0 Å². The fraction of sp³-hybridized carbons (Fsp3) is 0.0526. The molecule has 2 N–H and O–H groups in total. The Balaban J connectivity index is 1.82. The second-order valence-corrected chi connectivity index (χ2v) is 9.36. The molecule has 1 aliphatic heterocycles. The quantitative estimate of drug-likeness (QED) is 0.393. The Hall–Kier alpha value is -1.64. The Labute approximate surface area is 192 Å². The Morgan fingerprint density at radius 2 is 1.97 bits per heavy atom. The molecule has 0 saturated heterocycles. The number of hydrogen-bond donors (Lipinski definition) is 2. The molecule has 1 atom stereocenters. The van der Waals surface area contributed by atoms with E-state index in [2.05, 4.69) is 26.6 Å². The molecule has 1 aromatic heterocycles. The molecular weight excluding hydrogens is 526 g/mol. The highest BCUT2D eigenvalue weighted by Crippen LogP contribution is 2.41. The van der Waals surface area contributed by atoms with Crippen molar-refractivity contribution in [2.45, 2.75) is 6.04 Å².